The van der Waals surface area contributed by atoms with Crippen molar-refractivity contribution in [1.29, 1.82) is 0 Å². The third kappa shape index (κ3) is 9.12. The van der Waals surface area contributed by atoms with Crippen molar-refractivity contribution in [3.63, 3.8) is 0 Å². The Hall–Kier alpha value is -9.74. The van der Waals surface area contributed by atoms with Crippen LogP contribution in [0.5, 0.6) is 23.0 Å². The second kappa shape index (κ2) is 21.5. The number of benzene rings is 11. The Morgan fingerprint density at radius 2 is 1.16 bits per heavy atom. The summed E-state index contributed by atoms with van der Waals surface area (Å²) < 4.78 is 101. The minimum atomic E-state index is -2.74. The summed E-state index contributed by atoms with van der Waals surface area (Å²) in [7, 11) is 0. The van der Waals surface area contributed by atoms with E-state index in [1.54, 1.807) is 30.3 Å². The van der Waals surface area contributed by atoms with Gasteiger partial charge in [-0.25, -0.2) is 4.98 Å². The summed E-state index contributed by atoms with van der Waals surface area (Å²) >= 11 is 0. The number of ether oxygens (including phenoxy) is 2. The van der Waals surface area contributed by atoms with E-state index < -0.39 is 31.2 Å². The molecule has 0 unspecified atom stereocenters. The standard InChI is InChI=1S/C83H65N4O2.Pt/c1-52-22-19-23-54(42-52)68-50-84-79(43-53(68)2)87-73-33-14-10-27-66(73)67-41-39-61(49-76(67)87)88-60-25-20-24-59(48-60)85-51-86(75-35-16-15-34-74(75)85)80-62(28-21-29-63(80)56-44-57(81(3,4)5)47-58(45-56)82(6,7)8)55-38-40-65-64-26-9-11-30-69(64)83(72(65)46-55)70-31-12-17-36-77(70)89-78-37-18-13-32-71(78)83;/h9-47,50-51H,1-8H3;/q-3;/i1D3,2D3,10D,14D,27D,33D;. The maximum absolute atomic E-state index is 9.28. The Kier molecular flexibility index (Phi) is 11.1. The fraction of sp³-hybridized carbons (Fsp3) is 0.133. The van der Waals surface area contributed by atoms with Gasteiger partial charge >= 0.3 is 0 Å². The maximum Gasteiger partial charge on any atom is 0.135 e. The molecule has 90 heavy (non-hydrogen) atoms. The van der Waals surface area contributed by atoms with Crippen LogP contribution in [-0.4, -0.2) is 9.55 Å². The van der Waals surface area contributed by atoms with Crippen LogP contribution < -0.4 is 19.3 Å². The normalized spacial score (nSPS) is 15.4. The maximum atomic E-state index is 9.28. The van der Waals surface area contributed by atoms with Crippen molar-refractivity contribution in [3.05, 3.63) is 306 Å². The molecule has 16 rings (SSSR count). The molecule has 6 nitrogen and oxygen atoms in total. The summed E-state index contributed by atoms with van der Waals surface area (Å²) in [6.07, 6.45) is 1.36. The van der Waals surface area contributed by atoms with E-state index in [2.05, 4.69) is 204 Å². The molecule has 0 radical (unpaired) electrons. The van der Waals surface area contributed by atoms with Gasteiger partial charge in [0.1, 0.15) is 17.3 Å². The number of nitrogens with zero attached hydrogens (tertiary/aromatic N) is 4. The molecule has 2 aliphatic heterocycles. The second-order valence-corrected chi connectivity index (χ2v) is 25.3. The molecule has 4 heterocycles. The summed E-state index contributed by atoms with van der Waals surface area (Å²) in [4.78, 5) is 9.18. The van der Waals surface area contributed by atoms with Gasteiger partial charge in [-0.3, -0.25) is 0 Å². The molecular weight excluding hydrogens is 1280 g/mol. The quantitative estimate of drug-likeness (QED) is 0.142. The van der Waals surface area contributed by atoms with Gasteiger partial charge in [0.15, 0.2) is 0 Å². The number of pyridine rings is 1. The molecule has 0 N–H and O–H groups in total. The van der Waals surface area contributed by atoms with E-state index in [4.69, 9.17) is 25.4 Å². The van der Waals surface area contributed by atoms with Crippen LogP contribution in [0.25, 0.3) is 72.1 Å². The third-order valence-electron chi connectivity index (χ3n) is 17.8. The van der Waals surface area contributed by atoms with Crippen molar-refractivity contribution in [3.8, 4) is 73.3 Å². The monoisotopic (exact) mass is 1350 g/mol. The summed E-state index contributed by atoms with van der Waals surface area (Å²) in [5.41, 5.74) is 16.6. The van der Waals surface area contributed by atoms with Crippen LogP contribution in [-0.2, 0) is 37.3 Å². The molecule has 0 amide bonds. The van der Waals surface area contributed by atoms with Crippen LogP contribution in [0.3, 0.4) is 0 Å². The molecule has 0 fully saturated rings. The predicted octanol–water partition coefficient (Wildman–Crippen LogP) is 21.7. The minimum absolute atomic E-state index is 0. The fourth-order valence-corrected chi connectivity index (χ4v) is 13.6. The molecule has 1 spiro atoms. The van der Waals surface area contributed by atoms with Crippen molar-refractivity contribution in [2.24, 2.45) is 0 Å². The average molecular weight is 1360 g/mol. The first-order chi connectivity index (χ1) is 47.3. The van der Waals surface area contributed by atoms with E-state index in [0.717, 1.165) is 67.5 Å². The number of para-hydroxylation sites is 6. The van der Waals surface area contributed by atoms with Crippen molar-refractivity contribution in [2.75, 3.05) is 9.80 Å². The molecule has 3 aliphatic rings. The van der Waals surface area contributed by atoms with E-state index in [9.17, 15) is 2.74 Å². The number of fused-ring (bicyclic) bond motifs is 13. The SMILES string of the molecule is [2H]c1c([2H])c([2H])c2c(c1[2H])c1ccc(Oc3[c-]c(N4[CH-]N(c5c(-c6cc(C(C)(C)C)cc(C(C)(C)C)c6)cccc5-c5ccc6c(c5)C5(c7ccccc7Oc7ccccc75)c5ccccc5-6)c5ccccc54)ccc3)[c-]c1n2-c1cc(C([2H])([2H])[2H])c(-c2cccc(C([2H])([2H])[2H])c2)cn1.[Pt]. The van der Waals surface area contributed by atoms with E-state index in [0.29, 0.717) is 22.4 Å². The molecule has 1 aliphatic carbocycles. The molecule has 0 bridgehead atoms. The van der Waals surface area contributed by atoms with Crippen LogP contribution in [0.4, 0.5) is 22.7 Å². The molecular formula is C83H65N4O2Pt-3. The van der Waals surface area contributed by atoms with Crippen molar-refractivity contribution in [1.82, 2.24) is 9.55 Å². The smallest absolute Gasteiger partial charge is 0.135 e. The number of anilines is 4. The third-order valence-corrected chi connectivity index (χ3v) is 17.8. The molecule has 0 saturated heterocycles. The Morgan fingerprint density at radius 3 is 1.90 bits per heavy atom. The van der Waals surface area contributed by atoms with Gasteiger partial charge in [-0.1, -0.05) is 216 Å². The van der Waals surface area contributed by atoms with Crippen LogP contribution >= 0.6 is 0 Å². The van der Waals surface area contributed by atoms with Gasteiger partial charge in [-0.2, -0.15) is 12.1 Å². The number of rotatable bonds is 8. The molecule has 0 saturated carbocycles. The predicted molar refractivity (Wildman–Crippen MR) is 365 cm³/mol. The van der Waals surface area contributed by atoms with E-state index in [-0.39, 0.29) is 88.7 Å². The average Bonchev–Trinajstić information content (AvgIpc) is 1.47. The Balaban J connectivity index is 0.00000812. The van der Waals surface area contributed by atoms with Crippen molar-refractivity contribution >= 4 is 44.6 Å². The summed E-state index contributed by atoms with van der Waals surface area (Å²) in [6.45, 7) is 10.5. The summed E-state index contributed by atoms with van der Waals surface area (Å²) in [5.74, 6) is 2.20. The van der Waals surface area contributed by atoms with Crippen LogP contribution in [0.1, 0.15) is 99.8 Å². The molecule has 13 aromatic rings. The topological polar surface area (TPSA) is 42.8 Å². The van der Waals surface area contributed by atoms with Crippen LogP contribution in [0.15, 0.2) is 243 Å². The largest absolute Gasteiger partial charge is 0.509 e. The van der Waals surface area contributed by atoms with Crippen molar-refractivity contribution < 1.29 is 44.2 Å². The fourth-order valence-electron chi connectivity index (χ4n) is 13.6. The second-order valence-electron chi connectivity index (χ2n) is 25.3. The summed E-state index contributed by atoms with van der Waals surface area (Å²) in [5, 5.41) is 0.565. The van der Waals surface area contributed by atoms with Crippen LogP contribution in [0, 0.1) is 32.5 Å². The van der Waals surface area contributed by atoms with Gasteiger partial charge < -0.3 is 23.8 Å². The molecule has 7 heteroatoms. The number of aromatic nitrogens is 2. The molecule has 0 atom stereocenters. The zero-order valence-corrected chi connectivity index (χ0v) is 52.6. The Labute approximate surface area is 556 Å². The number of aryl methyl sites for hydroxylation is 2. The van der Waals surface area contributed by atoms with Crippen molar-refractivity contribution in [2.45, 2.75) is 71.5 Å². The van der Waals surface area contributed by atoms with E-state index in [1.807, 2.05) is 30.3 Å². The number of hydrogen-bond donors (Lipinski definition) is 0. The van der Waals surface area contributed by atoms with Gasteiger partial charge in [0, 0.05) is 97.4 Å². The molecule has 2 aromatic heterocycles. The minimum Gasteiger partial charge on any atom is -0.509 e. The zero-order valence-electron chi connectivity index (χ0n) is 60.3. The van der Waals surface area contributed by atoms with Gasteiger partial charge in [0.05, 0.1) is 10.9 Å². The van der Waals surface area contributed by atoms with Gasteiger partial charge in [0.25, 0.3) is 0 Å². The number of hydrogen-bond acceptors (Lipinski definition) is 5. The van der Waals surface area contributed by atoms with E-state index >= 15 is 0 Å². The molecule has 11 aromatic carbocycles. The van der Waals surface area contributed by atoms with E-state index in [1.165, 1.54) is 56.8 Å². The first-order valence-corrected chi connectivity index (χ1v) is 30.0. The zero-order chi connectivity index (χ0) is 69.0. The Bertz CT molecular complexity index is 5450. The first kappa shape index (κ1) is 46.4. The summed E-state index contributed by atoms with van der Waals surface area (Å²) in [6, 6.07) is 76.5. The molecule has 442 valence electrons. The van der Waals surface area contributed by atoms with Gasteiger partial charge in [-0.05, 0) is 128 Å². The Morgan fingerprint density at radius 1 is 0.522 bits per heavy atom. The first-order valence-electron chi connectivity index (χ1n) is 35.0. The van der Waals surface area contributed by atoms with Crippen LogP contribution in [0.2, 0.25) is 0 Å². The van der Waals surface area contributed by atoms with Gasteiger partial charge in [0.2, 0.25) is 0 Å². The van der Waals surface area contributed by atoms with Gasteiger partial charge in [-0.15, -0.1) is 48.1 Å².